The molecule has 0 aliphatic carbocycles. The molecule has 0 atom stereocenters. The lowest BCUT2D eigenvalue weighted by atomic mass is 10.2. The van der Waals surface area contributed by atoms with E-state index < -0.39 is 32.8 Å². The number of aromatic nitrogens is 1. The summed E-state index contributed by atoms with van der Waals surface area (Å²) in [4.78, 5) is 36.0. The van der Waals surface area contributed by atoms with E-state index >= 15 is 0 Å². The van der Waals surface area contributed by atoms with Gasteiger partial charge in [-0.25, -0.2) is 9.78 Å². The molecule has 9 nitrogen and oxygen atoms in total. The molecule has 0 spiro atoms. The van der Waals surface area contributed by atoms with E-state index in [2.05, 4.69) is 4.98 Å². The molecule has 0 saturated heterocycles. The van der Waals surface area contributed by atoms with Crippen molar-refractivity contribution in [3.63, 3.8) is 0 Å². The first-order valence-electron chi connectivity index (χ1n) is 6.60. The lowest BCUT2D eigenvalue weighted by Crippen LogP contribution is -2.03. The Balaban J connectivity index is 2.17. The highest BCUT2D eigenvalue weighted by molar-refractivity contribution is 8.01. The first-order valence-corrected chi connectivity index (χ1v) is 8.23. The minimum Gasteiger partial charge on any atom is -0.478 e. The lowest BCUT2D eigenvalue weighted by molar-refractivity contribution is -0.399. The second-order valence-corrected chi connectivity index (χ2v) is 7.00. The van der Waals surface area contributed by atoms with Crippen LogP contribution in [0.1, 0.15) is 10.4 Å². The Hall–Kier alpha value is -3.05. The number of carboxylic acid groups (broad SMARTS) is 1. The highest BCUT2D eigenvalue weighted by Gasteiger charge is 2.30. The fourth-order valence-electron chi connectivity index (χ4n) is 2.08. The molecule has 0 aliphatic heterocycles. The summed E-state index contributed by atoms with van der Waals surface area (Å²) in [7, 11) is 0. The summed E-state index contributed by atoms with van der Waals surface area (Å²) < 4.78 is 1.22. The van der Waals surface area contributed by atoms with Gasteiger partial charge in [0.2, 0.25) is 0 Å². The summed E-state index contributed by atoms with van der Waals surface area (Å²) in [6, 6.07) is 8.78. The minimum absolute atomic E-state index is 0.251. The van der Waals surface area contributed by atoms with Gasteiger partial charge in [-0.15, -0.1) is 11.3 Å². The van der Waals surface area contributed by atoms with Crippen molar-refractivity contribution in [1.82, 2.24) is 4.98 Å². The molecule has 0 aliphatic rings. The number of fused-ring (bicyclic) bond motifs is 1. The molecule has 0 radical (unpaired) electrons. The standard InChI is InChI=1S/C14H7N3O6S2/c18-13(19)7-5-9(16(20)21)12(10(6-7)17(22)23)25-14-15-8-3-1-2-4-11(8)24-14/h1-6H,(H,18,19). The quantitative estimate of drug-likeness (QED) is 0.521. The number of hydrogen-bond acceptors (Lipinski definition) is 8. The van der Waals surface area contributed by atoms with Crippen molar-refractivity contribution in [2.24, 2.45) is 0 Å². The molecule has 25 heavy (non-hydrogen) atoms. The molecule has 0 unspecified atom stereocenters. The molecule has 1 aromatic heterocycles. The van der Waals surface area contributed by atoms with Crippen LogP contribution in [0.3, 0.4) is 0 Å². The number of carboxylic acids is 1. The van der Waals surface area contributed by atoms with E-state index in [4.69, 9.17) is 5.11 Å². The number of para-hydroxylation sites is 1. The van der Waals surface area contributed by atoms with Crippen molar-refractivity contribution >= 4 is 50.7 Å². The van der Waals surface area contributed by atoms with Gasteiger partial charge in [0.1, 0.15) is 0 Å². The summed E-state index contributed by atoms with van der Waals surface area (Å²) in [5, 5.41) is 31.6. The largest absolute Gasteiger partial charge is 0.478 e. The van der Waals surface area contributed by atoms with Crippen molar-refractivity contribution < 1.29 is 19.7 Å². The molecule has 3 rings (SSSR count). The molecule has 0 bridgehead atoms. The predicted molar refractivity (Wildman–Crippen MR) is 90.5 cm³/mol. The molecule has 0 saturated carbocycles. The molecule has 0 fully saturated rings. The number of thiazole rings is 1. The molecule has 126 valence electrons. The number of rotatable bonds is 5. The third kappa shape index (κ3) is 3.27. The number of nitro benzene ring substituents is 2. The van der Waals surface area contributed by atoms with Crippen LogP contribution < -0.4 is 0 Å². The van der Waals surface area contributed by atoms with E-state index in [0.29, 0.717) is 9.86 Å². The fraction of sp³-hybridized carbons (Fsp3) is 0. The Bertz CT molecular complexity index is 964. The average Bonchev–Trinajstić information content (AvgIpc) is 2.96. The van der Waals surface area contributed by atoms with Gasteiger partial charge in [-0.2, -0.15) is 0 Å². The summed E-state index contributed by atoms with van der Waals surface area (Å²) in [5.74, 6) is -1.48. The summed E-state index contributed by atoms with van der Waals surface area (Å²) in [5.41, 5.74) is -1.14. The Kier molecular flexibility index (Phi) is 4.33. The average molecular weight is 377 g/mol. The van der Waals surface area contributed by atoms with Crippen LogP contribution in [0.2, 0.25) is 0 Å². The maximum atomic E-state index is 11.3. The first kappa shape index (κ1) is 16.8. The van der Waals surface area contributed by atoms with Gasteiger partial charge in [-0.1, -0.05) is 12.1 Å². The topological polar surface area (TPSA) is 136 Å². The zero-order valence-corrected chi connectivity index (χ0v) is 13.7. The maximum Gasteiger partial charge on any atom is 0.336 e. The highest BCUT2D eigenvalue weighted by atomic mass is 32.2. The highest BCUT2D eigenvalue weighted by Crippen LogP contribution is 2.44. The van der Waals surface area contributed by atoms with Gasteiger partial charge in [0.15, 0.2) is 9.24 Å². The van der Waals surface area contributed by atoms with E-state index in [-0.39, 0.29) is 4.90 Å². The monoisotopic (exact) mass is 377 g/mol. The predicted octanol–water partition coefficient (Wildman–Crippen LogP) is 3.96. The second-order valence-electron chi connectivity index (χ2n) is 4.71. The summed E-state index contributed by atoms with van der Waals surface area (Å²) in [6.45, 7) is 0. The Morgan fingerprint density at radius 3 is 2.24 bits per heavy atom. The molecule has 1 heterocycles. The third-order valence-corrected chi connectivity index (χ3v) is 5.37. The van der Waals surface area contributed by atoms with Crippen LogP contribution in [0.25, 0.3) is 10.2 Å². The van der Waals surface area contributed by atoms with Crippen molar-refractivity contribution in [3.8, 4) is 0 Å². The minimum atomic E-state index is -1.48. The molecular formula is C14H7N3O6S2. The molecular weight excluding hydrogens is 370 g/mol. The van der Waals surface area contributed by atoms with Crippen molar-refractivity contribution in [1.29, 1.82) is 0 Å². The normalized spacial score (nSPS) is 10.7. The number of nitrogens with zero attached hydrogens (tertiary/aromatic N) is 3. The SMILES string of the molecule is O=C(O)c1cc([N+](=O)[O-])c(Sc2nc3ccccc3s2)c([N+](=O)[O-])c1. The third-order valence-electron chi connectivity index (χ3n) is 3.15. The van der Waals surface area contributed by atoms with Crippen molar-refractivity contribution in [2.75, 3.05) is 0 Å². The maximum absolute atomic E-state index is 11.3. The number of benzene rings is 2. The Labute approximate surface area is 147 Å². The van der Waals surface area contributed by atoms with Crippen LogP contribution >= 0.6 is 23.1 Å². The Morgan fingerprint density at radius 2 is 1.72 bits per heavy atom. The van der Waals surface area contributed by atoms with Crippen LogP contribution in [0.4, 0.5) is 11.4 Å². The number of hydrogen-bond donors (Lipinski definition) is 1. The van der Waals surface area contributed by atoms with Crippen molar-refractivity contribution in [3.05, 3.63) is 62.2 Å². The smallest absolute Gasteiger partial charge is 0.336 e. The van der Waals surface area contributed by atoms with E-state index in [1.165, 1.54) is 11.3 Å². The van der Waals surface area contributed by atoms with Gasteiger partial charge < -0.3 is 5.11 Å². The first-order chi connectivity index (χ1) is 11.9. The van der Waals surface area contributed by atoms with Gasteiger partial charge in [-0.3, -0.25) is 20.2 Å². The second kappa shape index (κ2) is 6.45. The van der Waals surface area contributed by atoms with Crippen LogP contribution in [-0.4, -0.2) is 25.9 Å². The lowest BCUT2D eigenvalue weighted by Gasteiger charge is -2.04. The Morgan fingerprint density at radius 1 is 1.12 bits per heavy atom. The molecule has 0 amide bonds. The summed E-state index contributed by atoms with van der Waals surface area (Å²) >= 11 is 2.01. The van der Waals surface area contributed by atoms with E-state index in [1.807, 2.05) is 12.1 Å². The molecule has 1 N–H and O–H groups in total. The van der Waals surface area contributed by atoms with E-state index in [0.717, 1.165) is 28.6 Å². The fourth-order valence-corrected chi connectivity index (χ4v) is 4.26. The van der Waals surface area contributed by atoms with Crippen LogP contribution in [0.5, 0.6) is 0 Å². The molecule has 11 heteroatoms. The zero-order valence-electron chi connectivity index (χ0n) is 12.1. The van der Waals surface area contributed by atoms with Gasteiger partial charge in [0.25, 0.3) is 11.4 Å². The number of carbonyl (C=O) groups is 1. The summed E-state index contributed by atoms with van der Waals surface area (Å²) in [6.07, 6.45) is 0. The van der Waals surface area contributed by atoms with Crippen LogP contribution in [-0.2, 0) is 0 Å². The van der Waals surface area contributed by atoms with Gasteiger partial charge in [0.05, 0.1) is 25.6 Å². The van der Waals surface area contributed by atoms with Crippen LogP contribution in [0.15, 0.2) is 45.6 Å². The van der Waals surface area contributed by atoms with Crippen molar-refractivity contribution in [2.45, 2.75) is 9.24 Å². The van der Waals surface area contributed by atoms with Gasteiger partial charge in [-0.05, 0) is 23.9 Å². The van der Waals surface area contributed by atoms with Gasteiger partial charge >= 0.3 is 5.97 Å². The number of aromatic carboxylic acids is 1. The van der Waals surface area contributed by atoms with Gasteiger partial charge in [0, 0.05) is 12.1 Å². The van der Waals surface area contributed by atoms with E-state index in [9.17, 15) is 25.0 Å². The molecule has 2 aromatic carbocycles. The van der Waals surface area contributed by atoms with Crippen LogP contribution in [0, 0.1) is 20.2 Å². The van der Waals surface area contributed by atoms with E-state index in [1.54, 1.807) is 12.1 Å². The molecule has 3 aromatic rings. The number of nitro groups is 2. The zero-order chi connectivity index (χ0) is 18.1.